The highest BCUT2D eigenvalue weighted by molar-refractivity contribution is 7.68. The zero-order valence-electron chi connectivity index (χ0n) is 24.1. The van der Waals surface area contributed by atoms with Crippen LogP contribution in [0.5, 0.6) is 28.7 Å². The highest BCUT2D eigenvalue weighted by Crippen LogP contribution is 2.65. The Balaban J connectivity index is 1.29. The van der Waals surface area contributed by atoms with Gasteiger partial charge in [0, 0.05) is 11.3 Å². The highest BCUT2D eigenvalue weighted by Gasteiger charge is 2.44. The SMILES string of the molecule is Cc1ccc(Oc2ccc(C(c3ccc(Oc4ccc(N)cc4)cc3)P3(=O)Oc4ccccc4-c4ccccc43)cc2)cc1. The number of benzene rings is 6. The first-order valence-electron chi connectivity index (χ1n) is 14.4. The molecule has 2 unspecified atom stereocenters. The van der Waals surface area contributed by atoms with E-state index >= 15 is 4.57 Å². The zero-order valence-corrected chi connectivity index (χ0v) is 25.0. The molecule has 44 heavy (non-hydrogen) atoms. The number of rotatable bonds is 7. The molecule has 1 heterocycles. The van der Waals surface area contributed by atoms with E-state index in [1.807, 2.05) is 140 Å². The Kier molecular flexibility index (Phi) is 7.17. The third-order valence-electron chi connectivity index (χ3n) is 7.76. The summed E-state index contributed by atoms with van der Waals surface area (Å²) in [4.78, 5) is 0. The van der Waals surface area contributed by atoms with Gasteiger partial charge in [-0.1, -0.05) is 78.4 Å². The van der Waals surface area contributed by atoms with E-state index in [4.69, 9.17) is 19.7 Å². The smallest absolute Gasteiger partial charge is 0.289 e. The first-order valence-corrected chi connectivity index (χ1v) is 16.1. The fraction of sp³-hybridized carbons (Fsp3) is 0.0526. The van der Waals surface area contributed by atoms with Gasteiger partial charge in [0.25, 0.3) is 7.37 Å². The Morgan fingerprint density at radius 2 is 1.02 bits per heavy atom. The van der Waals surface area contributed by atoms with Gasteiger partial charge in [-0.15, -0.1) is 0 Å². The molecule has 2 atom stereocenters. The highest BCUT2D eigenvalue weighted by atomic mass is 31.2. The van der Waals surface area contributed by atoms with E-state index in [0.29, 0.717) is 34.0 Å². The molecule has 1 aliphatic heterocycles. The molecule has 2 N–H and O–H groups in total. The van der Waals surface area contributed by atoms with E-state index in [-0.39, 0.29) is 0 Å². The number of anilines is 1. The van der Waals surface area contributed by atoms with Crippen LogP contribution in [-0.4, -0.2) is 0 Å². The van der Waals surface area contributed by atoms with Crippen molar-refractivity contribution in [2.45, 2.75) is 12.6 Å². The Bertz CT molecular complexity index is 1880. The molecule has 0 aromatic heterocycles. The maximum atomic E-state index is 15.4. The van der Waals surface area contributed by atoms with Crippen LogP contribution in [0.4, 0.5) is 5.69 Å². The average molecular weight is 596 g/mol. The third kappa shape index (κ3) is 5.34. The predicted octanol–water partition coefficient (Wildman–Crippen LogP) is 9.91. The number of ether oxygens (including phenoxy) is 2. The Morgan fingerprint density at radius 1 is 0.568 bits per heavy atom. The minimum Gasteiger partial charge on any atom is -0.457 e. The Labute approximate surface area is 256 Å². The summed E-state index contributed by atoms with van der Waals surface area (Å²) in [6, 6.07) is 46.3. The zero-order chi connectivity index (χ0) is 30.1. The van der Waals surface area contributed by atoms with Crippen molar-refractivity contribution in [2.24, 2.45) is 0 Å². The summed E-state index contributed by atoms with van der Waals surface area (Å²) in [5.74, 6) is 3.40. The van der Waals surface area contributed by atoms with Crippen LogP contribution in [0, 0.1) is 6.92 Å². The van der Waals surface area contributed by atoms with Crippen LogP contribution < -0.4 is 25.0 Å². The molecule has 0 aliphatic carbocycles. The fourth-order valence-corrected chi connectivity index (χ4v) is 8.45. The van der Waals surface area contributed by atoms with E-state index in [1.54, 1.807) is 12.1 Å². The lowest BCUT2D eigenvalue weighted by molar-refractivity contribution is 0.478. The van der Waals surface area contributed by atoms with Gasteiger partial charge in [-0.25, -0.2) is 0 Å². The van der Waals surface area contributed by atoms with E-state index in [0.717, 1.165) is 28.0 Å². The van der Waals surface area contributed by atoms with E-state index < -0.39 is 13.0 Å². The van der Waals surface area contributed by atoms with Crippen LogP contribution in [-0.2, 0) is 4.57 Å². The van der Waals surface area contributed by atoms with Gasteiger partial charge in [-0.05, 0) is 96.4 Å². The minimum absolute atomic E-state index is 0.587. The van der Waals surface area contributed by atoms with Crippen molar-refractivity contribution >= 4 is 18.4 Å². The lowest BCUT2D eigenvalue weighted by Crippen LogP contribution is -2.22. The van der Waals surface area contributed by atoms with E-state index in [2.05, 4.69) is 0 Å². The van der Waals surface area contributed by atoms with Gasteiger partial charge in [-0.3, -0.25) is 4.57 Å². The molecule has 0 saturated heterocycles. The summed E-state index contributed by atoms with van der Waals surface area (Å²) in [6.07, 6.45) is 0. The number of aryl methyl sites for hydroxylation is 1. The minimum atomic E-state index is -3.56. The number of nitrogen functional groups attached to an aromatic ring is 1. The molecule has 0 saturated carbocycles. The first-order chi connectivity index (χ1) is 21.5. The topological polar surface area (TPSA) is 70.8 Å². The van der Waals surface area contributed by atoms with Crippen molar-refractivity contribution in [1.82, 2.24) is 0 Å². The third-order valence-corrected chi connectivity index (χ3v) is 10.6. The van der Waals surface area contributed by atoms with Crippen molar-refractivity contribution in [3.05, 3.63) is 162 Å². The summed E-state index contributed by atoms with van der Waals surface area (Å²) in [5, 5.41) is 0.700. The molecule has 216 valence electrons. The average Bonchev–Trinajstić information content (AvgIpc) is 3.05. The van der Waals surface area contributed by atoms with Gasteiger partial charge in [0.05, 0.1) is 5.30 Å². The van der Waals surface area contributed by atoms with Crippen LogP contribution in [0.25, 0.3) is 11.1 Å². The van der Waals surface area contributed by atoms with Crippen LogP contribution in [0.2, 0.25) is 0 Å². The van der Waals surface area contributed by atoms with Gasteiger partial charge in [0.1, 0.15) is 34.4 Å². The molecule has 0 bridgehead atoms. The normalized spacial score (nSPS) is 15.8. The molecule has 0 amide bonds. The van der Waals surface area contributed by atoms with Gasteiger partial charge in [0.15, 0.2) is 0 Å². The largest absolute Gasteiger partial charge is 0.457 e. The van der Waals surface area contributed by atoms with Crippen LogP contribution in [0.15, 0.2) is 146 Å². The molecule has 7 rings (SSSR count). The van der Waals surface area contributed by atoms with Gasteiger partial charge >= 0.3 is 0 Å². The maximum absolute atomic E-state index is 15.4. The number of hydrogen-bond donors (Lipinski definition) is 1. The van der Waals surface area contributed by atoms with Crippen molar-refractivity contribution < 1.29 is 18.6 Å². The lowest BCUT2D eigenvalue weighted by Gasteiger charge is -2.34. The maximum Gasteiger partial charge on any atom is 0.289 e. The standard InChI is InChI=1S/C38H30NO4P/c1-26-10-18-30(19-11-26)41-31-20-12-27(13-21-31)38(28-14-22-32(23-15-28)42-33-24-16-29(39)17-25-33)44(40)37-9-5-3-7-35(37)34-6-2-4-8-36(34)43-44/h2-25,38H,39H2,1H3. The molecule has 1 aliphatic rings. The molecule has 5 nitrogen and oxygen atoms in total. The molecular weight excluding hydrogens is 565 g/mol. The summed E-state index contributed by atoms with van der Waals surface area (Å²) >= 11 is 0. The van der Waals surface area contributed by atoms with Crippen molar-refractivity contribution in [1.29, 1.82) is 0 Å². The van der Waals surface area contributed by atoms with Gasteiger partial charge in [-0.2, -0.15) is 0 Å². The second-order valence-corrected chi connectivity index (χ2v) is 13.2. The number of hydrogen-bond acceptors (Lipinski definition) is 5. The van der Waals surface area contributed by atoms with Crippen LogP contribution in [0.3, 0.4) is 0 Å². The van der Waals surface area contributed by atoms with Crippen molar-refractivity contribution in [2.75, 3.05) is 5.73 Å². The molecule has 6 aromatic carbocycles. The fourth-order valence-electron chi connectivity index (χ4n) is 5.56. The van der Waals surface area contributed by atoms with Crippen molar-refractivity contribution in [3.8, 4) is 39.9 Å². The molecule has 6 heteroatoms. The molecule has 0 fully saturated rings. The Hall–Kier alpha value is -5.25. The summed E-state index contributed by atoms with van der Waals surface area (Å²) in [5.41, 5.74) is 10.6. The van der Waals surface area contributed by atoms with Gasteiger partial charge in [0.2, 0.25) is 0 Å². The molecule has 0 spiro atoms. The number of para-hydroxylation sites is 1. The lowest BCUT2D eigenvalue weighted by atomic mass is 10.0. The quantitative estimate of drug-likeness (QED) is 0.147. The second kappa shape index (κ2) is 11.4. The van der Waals surface area contributed by atoms with E-state index in [1.165, 1.54) is 5.56 Å². The van der Waals surface area contributed by atoms with Gasteiger partial charge < -0.3 is 19.7 Å². The second-order valence-electron chi connectivity index (χ2n) is 10.8. The molecule has 6 aromatic rings. The van der Waals surface area contributed by atoms with Crippen molar-refractivity contribution in [3.63, 3.8) is 0 Å². The Morgan fingerprint density at radius 3 is 1.59 bits per heavy atom. The predicted molar refractivity (Wildman–Crippen MR) is 177 cm³/mol. The summed E-state index contributed by atoms with van der Waals surface area (Å²) in [7, 11) is -3.56. The molecular formula is C38H30NO4P. The van der Waals surface area contributed by atoms with Crippen LogP contribution >= 0.6 is 7.37 Å². The summed E-state index contributed by atoms with van der Waals surface area (Å²) in [6.45, 7) is 2.04. The van der Waals surface area contributed by atoms with Crippen LogP contribution in [0.1, 0.15) is 22.3 Å². The van der Waals surface area contributed by atoms with E-state index in [9.17, 15) is 0 Å². The molecule has 0 radical (unpaired) electrons. The number of nitrogens with two attached hydrogens (primary N) is 1. The number of fused-ring (bicyclic) bond motifs is 3. The monoisotopic (exact) mass is 595 g/mol. The first kappa shape index (κ1) is 27.6. The summed E-state index contributed by atoms with van der Waals surface area (Å²) < 4.78 is 34.2.